The molecule has 0 saturated carbocycles. The topological polar surface area (TPSA) is 98.1 Å². The van der Waals surface area contributed by atoms with Crippen LogP contribution in [0.3, 0.4) is 0 Å². The predicted octanol–water partition coefficient (Wildman–Crippen LogP) is 4.42. The second-order valence-electron chi connectivity index (χ2n) is 7.06. The maximum absolute atomic E-state index is 13.1. The van der Waals surface area contributed by atoms with Crippen molar-refractivity contribution in [2.75, 3.05) is 6.61 Å². The number of amides is 2. The fourth-order valence-electron chi connectivity index (χ4n) is 2.77. The highest BCUT2D eigenvalue weighted by Crippen LogP contribution is 3.02. The number of hydrogen-bond donors (Lipinski definition) is 2. The van der Waals surface area contributed by atoms with E-state index in [1.165, 1.54) is 0 Å². The van der Waals surface area contributed by atoms with E-state index in [4.69, 9.17) is 4.74 Å². The molecule has 17 heteroatoms. The maximum Gasteiger partial charge on any atom is 0.416 e. The van der Waals surface area contributed by atoms with Gasteiger partial charge < -0.3 is 4.74 Å². The number of hydrogen-bond acceptors (Lipinski definition) is 5. The minimum atomic E-state index is -10.5. The highest BCUT2D eigenvalue weighted by molar-refractivity contribution is 8.45. The van der Waals surface area contributed by atoms with Crippen molar-refractivity contribution in [3.05, 3.63) is 36.2 Å². The number of benzene rings is 1. The summed E-state index contributed by atoms with van der Waals surface area (Å²) >= 11 is 0. The molecule has 1 fully saturated rings. The molecule has 1 aliphatic rings. The Kier molecular flexibility index (Phi) is 5.93. The SMILES string of the molecule is O=C(C=Cn1cnc(-c2cc(C(F)(F)F)cc(S(F)(F)(F)(F)F)c2)n1)NNC(=O)C1CCCO1. The van der Waals surface area contributed by atoms with Crippen molar-refractivity contribution in [1.29, 1.82) is 0 Å². The van der Waals surface area contributed by atoms with Crippen molar-refractivity contribution < 1.29 is 46.9 Å². The zero-order chi connectivity index (χ0) is 25.4. The number of nitrogens with zero attached hydrogens (tertiary/aromatic N) is 3. The van der Waals surface area contributed by atoms with Gasteiger partial charge in [0.15, 0.2) is 5.82 Å². The third-order valence-corrected chi connectivity index (χ3v) is 5.48. The van der Waals surface area contributed by atoms with E-state index < -0.39 is 62.2 Å². The maximum atomic E-state index is 13.1. The predicted molar refractivity (Wildman–Crippen MR) is 102 cm³/mol. The third-order valence-electron chi connectivity index (χ3n) is 4.36. The van der Waals surface area contributed by atoms with Crippen LogP contribution < -0.4 is 10.9 Å². The van der Waals surface area contributed by atoms with Gasteiger partial charge in [0.05, 0.1) is 5.56 Å². The molecule has 1 unspecified atom stereocenters. The van der Waals surface area contributed by atoms with Gasteiger partial charge in [0, 0.05) is 24.4 Å². The number of alkyl halides is 3. The lowest BCUT2D eigenvalue weighted by molar-refractivity contribution is -0.137. The molecule has 2 amide bonds. The Morgan fingerprint density at radius 2 is 1.82 bits per heavy atom. The van der Waals surface area contributed by atoms with E-state index in [0.717, 1.165) is 23.3 Å². The summed E-state index contributed by atoms with van der Waals surface area (Å²) in [5.74, 6) is -2.21. The molecule has 1 aromatic heterocycles. The van der Waals surface area contributed by atoms with Crippen LogP contribution in [-0.4, -0.2) is 39.3 Å². The fourth-order valence-corrected chi connectivity index (χ4v) is 3.47. The number of hydrazine groups is 1. The van der Waals surface area contributed by atoms with Crippen LogP contribution in [0.2, 0.25) is 0 Å². The number of nitrogens with one attached hydrogen (secondary N) is 2. The van der Waals surface area contributed by atoms with Crippen LogP contribution in [-0.2, 0) is 20.5 Å². The van der Waals surface area contributed by atoms with E-state index in [2.05, 4.69) is 15.5 Å². The number of ether oxygens (including phenoxy) is 1. The van der Waals surface area contributed by atoms with Gasteiger partial charge >= 0.3 is 16.4 Å². The van der Waals surface area contributed by atoms with Crippen molar-refractivity contribution in [3.63, 3.8) is 0 Å². The molecule has 34 heavy (non-hydrogen) atoms. The van der Waals surface area contributed by atoms with Gasteiger partial charge in [0.2, 0.25) is 0 Å². The second kappa shape index (κ2) is 7.93. The highest BCUT2D eigenvalue weighted by atomic mass is 32.5. The molecular weight excluding hydrogens is 506 g/mol. The Hall–Kier alpha value is -3.21. The zero-order valence-electron chi connectivity index (χ0n) is 16.7. The fraction of sp³-hybridized carbons (Fsp3) is 0.294. The van der Waals surface area contributed by atoms with Gasteiger partial charge in [-0.3, -0.25) is 20.4 Å². The Balaban J connectivity index is 1.78. The monoisotopic (exact) mass is 521 g/mol. The van der Waals surface area contributed by atoms with Crippen molar-refractivity contribution >= 4 is 28.2 Å². The molecule has 1 aromatic carbocycles. The summed E-state index contributed by atoms with van der Waals surface area (Å²) in [4.78, 5) is 24.2. The van der Waals surface area contributed by atoms with Gasteiger partial charge in [-0.25, -0.2) is 9.67 Å². The molecule has 2 heterocycles. The molecule has 0 radical (unpaired) electrons. The van der Waals surface area contributed by atoms with E-state index in [9.17, 15) is 42.2 Å². The van der Waals surface area contributed by atoms with Crippen LogP contribution in [0.1, 0.15) is 18.4 Å². The largest absolute Gasteiger partial charge is 0.416 e. The van der Waals surface area contributed by atoms with Gasteiger partial charge in [-0.1, -0.05) is 19.4 Å². The van der Waals surface area contributed by atoms with E-state index in [1.54, 1.807) is 0 Å². The summed E-state index contributed by atoms with van der Waals surface area (Å²) < 4.78 is 111. The second-order valence-corrected chi connectivity index (χ2v) is 9.47. The third kappa shape index (κ3) is 6.43. The summed E-state index contributed by atoms with van der Waals surface area (Å²) in [6.45, 7) is 0.399. The van der Waals surface area contributed by atoms with Crippen molar-refractivity contribution in [2.24, 2.45) is 0 Å². The quantitative estimate of drug-likeness (QED) is 0.345. The van der Waals surface area contributed by atoms with Crippen LogP contribution in [0.15, 0.2) is 35.5 Å². The summed E-state index contributed by atoms with van der Waals surface area (Å²) in [7, 11) is -10.5. The lowest BCUT2D eigenvalue weighted by Gasteiger charge is -2.40. The van der Waals surface area contributed by atoms with Gasteiger partial charge in [-0.2, -0.15) is 13.2 Å². The summed E-state index contributed by atoms with van der Waals surface area (Å²) in [6, 6.07) is -0.686. The molecule has 0 spiro atoms. The minimum Gasteiger partial charge on any atom is -0.368 e. The summed E-state index contributed by atoms with van der Waals surface area (Å²) in [5, 5.41) is 3.57. The molecule has 2 aromatic rings. The molecule has 3 rings (SSSR count). The van der Waals surface area contributed by atoms with Crippen LogP contribution in [0.25, 0.3) is 17.6 Å². The Labute approximate surface area is 185 Å². The van der Waals surface area contributed by atoms with Gasteiger partial charge in [-0.05, 0) is 31.0 Å². The summed E-state index contributed by atoms with van der Waals surface area (Å²) in [5.41, 5.74) is 1.18. The molecule has 2 N–H and O–H groups in total. The van der Waals surface area contributed by atoms with Gasteiger partial charge in [0.25, 0.3) is 11.8 Å². The van der Waals surface area contributed by atoms with E-state index in [1.807, 2.05) is 5.43 Å². The minimum absolute atomic E-state index is 0.184. The normalized spacial score (nSPS) is 19.0. The van der Waals surface area contributed by atoms with Crippen LogP contribution in [0.5, 0.6) is 0 Å². The molecule has 188 valence electrons. The standard InChI is InChI=1S/C17H15F8N5O3S/c18-17(19,20)11-6-10(7-12(8-11)34(21,22,23,24)25)15-26-9-30(29-15)4-3-14(31)27-28-16(32)13-2-1-5-33-13/h3-4,6-9,13H,1-2,5H2,(H,27,31)(H,28,32). The molecule has 0 aliphatic carbocycles. The first-order valence-corrected chi connectivity index (χ1v) is 11.1. The average molecular weight is 521 g/mol. The van der Waals surface area contributed by atoms with E-state index in [-0.39, 0.29) is 12.1 Å². The number of aromatic nitrogens is 3. The van der Waals surface area contributed by atoms with Crippen LogP contribution >= 0.6 is 10.2 Å². The lowest BCUT2D eigenvalue weighted by Crippen LogP contribution is -2.45. The van der Waals surface area contributed by atoms with Crippen molar-refractivity contribution in [1.82, 2.24) is 25.6 Å². The average Bonchev–Trinajstić information content (AvgIpc) is 3.40. The Bertz CT molecular complexity index is 1140. The number of rotatable bonds is 5. The Morgan fingerprint density at radius 1 is 1.12 bits per heavy atom. The van der Waals surface area contributed by atoms with Gasteiger partial charge in [0.1, 0.15) is 17.3 Å². The molecule has 1 atom stereocenters. The van der Waals surface area contributed by atoms with Crippen LogP contribution in [0.4, 0.5) is 32.6 Å². The molecular formula is C17H15F8N5O3S. The van der Waals surface area contributed by atoms with Crippen molar-refractivity contribution in [2.45, 2.75) is 30.0 Å². The lowest BCUT2D eigenvalue weighted by atomic mass is 10.1. The molecule has 1 aliphatic heterocycles. The molecule has 8 nitrogen and oxygen atoms in total. The molecule has 1 saturated heterocycles. The smallest absolute Gasteiger partial charge is 0.368 e. The van der Waals surface area contributed by atoms with Gasteiger partial charge in [-0.15, -0.1) is 5.10 Å². The van der Waals surface area contributed by atoms with Crippen molar-refractivity contribution in [3.8, 4) is 11.4 Å². The highest BCUT2D eigenvalue weighted by Gasteiger charge is 2.66. The number of carbonyl (C=O) groups is 2. The van der Waals surface area contributed by atoms with E-state index >= 15 is 0 Å². The first-order valence-electron chi connectivity index (χ1n) is 9.20. The number of halogens is 8. The zero-order valence-corrected chi connectivity index (χ0v) is 17.5. The summed E-state index contributed by atoms with van der Waals surface area (Å²) in [6.07, 6.45) is -2.41. The first kappa shape index (κ1) is 25.4. The van der Waals surface area contributed by atoms with Crippen LogP contribution in [0, 0.1) is 0 Å². The van der Waals surface area contributed by atoms with E-state index in [0.29, 0.717) is 19.4 Å². The number of carbonyl (C=O) groups excluding carboxylic acids is 2. The first-order chi connectivity index (χ1) is 15.4. The molecule has 0 bridgehead atoms. The Morgan fingerprint density at radius 3 is 2.41 bits per heavy atom.